The van der Waals surface area contributed by atoms with E-state index in [1.165, 1.54) is 11.9 Å². The minimum Gasteiger partial charge on any atom is -0.497 e. The number of hydrogen-bond acceptors (Lipinski definition) is 3. The smallest absolute Gasteiger partial charge is 0.405 e. The summed E-state index contributed by atoms with van der Waals surface area (Å²) in [6.07, 6.45) is -4.06. The fourth-order valence-electron chi connectivity index (χ4n) is 2.16. The standard InChI is InChI=1S/C14H21F3N2O/c1-4-12(18)13(14(15,16)17)19(2)9-10-5-7-11(20-3)8-6-10/h5-8,12-13H,4,9,18H2,1-3H3. The molecule has 1 aromatic rings. The van der Waals surface area contributed by atoms with Crippen LogP contribution in [0, 0.1) is 0 Å². The lowest BCUT2D eigenvalue weighted by atomic mass is 10.0. The Balaban J connectivity index is 2.82. The zero-order valence-corrected chi connectivity index (χ0v) is 11.9. The SMILES string of the molecule is CCC(N)C(N(C)Cc1ccc(OC)cc1)C(F)(F)F. The maximum atomic E-state index is 13.1. The van der Waals surface area contributed by atoms with Crippen LogP contribution in [0.2, 0.25) is 0 Å². The number of hydrogen-bond donors (Lipinski definition) is 1. The molecule has 20 heavy (non-hydrogen) atoms. The molecule has 114 valence electrons. The van der Waals surface area contributed by atoms with Gasteiger partial charge in [-0.25, -0.2) is 0 Å². The van der Waals surface area contributed by atoms with Gasteiger partial charge >= 0.3 is 6.18 Å². The van der Waals surface area contributed by atoms with Gasteiger partial charge in [0.25, 0.3) is 0 Å². The highest BCUT2D eigenvalue weighted by molar-refractivity contribution is 5.27. The molecular weight excluding hydrogens is 269 g/mol. The largest absolute Gasteiger partial charge is 0.497 e. The molecule has 2 atom stereocenters. The third-order valence-electron chi connectivity index (χ3n) is 3.28. The number of likely N-dealkylation sites (N-methyl/N-ethyl adjacent to an activating group) is 1. The summed E-state index contributed by atoms with van der Waals surface area (Å²) < 4.78 is 44.3. The number of ether oxygens (including phenoxy) is 1. The highest BCUT2D eigenvalue weighted by Crippen LogP contribution is 2.28. The molecule has 0 saturated heterocycles. The third-order valence-corrected chi connectivity index (χ3v) is 3.28. The molecule has 1 aromatic carbocycles. The first-order chi connectivity index (χ1) is 9.29. The molecular formula is C14H21F3N2O. The summed E-state index contributed by atoms with van der Waals surface area (Å²) in [7, 11) is 2.99. The summed E-state index contributed by atoms with van der Waals surface area (Å²) in [4.78, 5) is 1.25. The molecule has 0 bridgehead atoms. The van der Waals surface area contributed by atoms with Gasteiger partial charge in [0.1, 0.15) is 11.8 Å². The quantitative estimate of drug-likeness (QED) is 0.875. The van der Waals surface area contributed by atoms with Crippen LogP contribution in [0.1, 0.15) is 18.9 Å². The maximum absolute atomic E-state index is 13.1. The van der Waals surface area contributed by atoms with Gasteiger partial charge in [-0.05, 0) is 31.2 Å². The van der Waals surface area contributed by atoms with E-state index in [1.807, 2.05) is 0 Å². The molecule has 0 radical (unpaired) electrons. The summed E-state index contributed by atoms with van der Waals surface area (Å²) in [5.41, 5.74) is 6.41. The van der Waals surface area contributed by atoms with Crippen molar-refractivity contribution in [3.8, 4) is 5.75 Å². The summed E-state index contributed by atoms with van der Waals surface area (Å²) in [5, 5.41) is 0. The van der Waals surface area contributed by atoms with Crippen molar-refractivity contribution in [2.45, 2.75) is 38.1 Å². The number of nitrogens with zero attached hydrogens (tertiary/aromatic N) is 1. The van der Waals surface area contributed by atoms with Crippen LogP contribution in [-0.4, -0.2) is 37.3 Å². The van der Waals surface area contributed by atoms with E-state index >= 15 is 0 Å². The van der Waals surface area contributed by atoms with Crippen LogP contribution >= 0.6 is 0 Å². The molecule has 0 aliphatic rings. The number of rotatable bonds is 6. The van der Waals surface area contributed by atoms with Crippen molar-refractivity contribution in [2.75, 3.05) is 14.2 Å². The Morgan fingerprint density at radius 1 is 1.25 bits per heavy atom. The Kier molecular flexibility index (Phi) is 5.83. The minimum atomic E-state index is -4.34. The summed E-state index contributed by atoms with van der Waals surface area (Å²) >= 11 is 0. The number of nitrogens with two attached hydrogens (primary N) is 1. The first kappa shape index (κ1) is 16.8. The van der Waals surface area contributed by atoms with Crippen molar-refractivity contribution in [2.24, 2.45) is 5.73 Å². The highest BCUT2D eigenvalue weighted by Gasteiger charge is 2.45. The van der Waals surface area contributed by atoms with Gasteiger partial charge in [-0.3, -0.25) is 4.90 Å². The highest BCUT2D eigenvalue weighted by atomic mass is 19.4. The molecule has 0 aliphatic carbocycles. The second-order valence-corrected chi connectivity index (χ2v) is 4.82. The lowest BCUT2D eigenvalue weighted by Gasteiger charge is -2.33. The molecule has 0 saturated carbocycles. The number of alkyl halides is 3. The predicted molar refractivity (Wildman–Crippen MR) is 72.6 cm³/mol. The topological polar surface area (TPSA) is 38.5 Å². The van der Waals surface area contributed by atoms with Crippen molar-refractivity contribution in [3.05, 3.63) is 29.8 Å². The molecule has 0 amide bonds. The summed E-state index contributed by atoms with van der Waals surface area (Å²) in [6, 6.07) is 4.38. The van der Waals surface area contributed by atoms with Gasteiger partial charge in [-0.1, -0.05) is 19.1 Å². The number of methoxy groups -OCH3 is 1. The molecule has 0 aliphatic heterocycles. The van der Waals surface area contributed by atoms with Crippen LogP contribution < -0.4 is 10.5 Å². The third kappa shape index (κ3) is 4.38. The van der Waals surface area contributed by atoms with E-state index < -0.39 is 18.3 Å². The Morgan fingerprint density at radius 3 is 2.20 bits per heavy atom. The number of halogens is 3. The van der Waals surface area contributed by atoms with Crippen molar-refractivity contribution in [1.82, 2.24) is 4.90 Å². The Hall–Kier alpha value is -1.27. The van der Waals surface area contributed by atoms with Gasteiger partial charge in [0.2, 0.25) is 0 Å². The molecule has 3 nitrogen and oxygen atoms in total. The predicted octanol–water partition coefficient (Wildman–Crippen LogP) is 2.80. The first-order valence-corrected chi connectivity index (χ1v) is 6.45. The van der Waals surface area contributed by atoms with Crippen molar-refractivity contribution in [3.63, 3.8) is 0 Å². The zero-order chi connectivity index (χ0) is 15.3. The van der Waals surface area contributed by atoms with Gasteiger partial charge in [-0.2, -0.15) is 13.2 Å². The number of benzene rings is 1. The average molecular weight is 290 g/mol. The lowest BCUT2D eigenvalue weighted by molar-refractivity contribution is -0.187. The monoisotopic (exact) mass is 290 g/mol. The normalized spacial score (nSPS) is 15.2. The Bertz CT molecular complexity index is 406. The molecule has 0 aromatic heterocycles. The first-order valence-electron chi connectivity index (χ1n) is 6.45. The maximum Gasteiger partial charge on any atom is 0.405 e. The van der Waals surface area contributed by atoms with Gasteiger partial charge in [0.05, 0.1) is 7.11 Å². The van der Waals surface area contributed by atoms with Gasteiger partial charge in [0, 0.05) is 12.6 Å². The van der Waals surface area contributed by atoms with E-state index in [9.17, 15) is 13.2 Å². The van der Waals surface area contributed by atoms with Gasteiger partial charge in [-0.15, -0.1) is 0 Å². The van der Waals surface area contributed by atoms with E-state index in [2.05, 4.69) is 0 Å². The Labute approximate surface area is 117 Å². The second kappa shape index (κ2) is 6.95. The summed E-state index contributed by atoms with van der Waals surface area (Å²) in [6.45, 7) is 1.84. The van der Waals surface area contributed by atoms with Crippen LogP contribution in [0.4, 0.5) is 13.2 Å². The molecule has 2 unspecified atom stereocenters. The van der Waals surface area contributed by atoms with Gasteiger partial charge < -0.3 is 10.5 Å². The van der Waals surface area contributed by atoms with E-state index in [4.69, 9.17) is 10.5 Å². The Morgan fingerprint density at radius 2 is 1.80 bits per heavy atom. The van der Waals surface area contributed by atoms with E-state index in [1.54, 1.807) is 38.3 Å². The van der Waals surface area contributed by atoms with Crippen LogP contribution in [-0.2, 0) is 6.54 Å². The molecule has 0 fully saturated rings. The minimum absolute atomic E-state index is 0.182. The van der Waals surface area contributed by atoms with Crippen LogP contribution in [0.3, 0.4) is 0 Å². The van der Waals surface area contributed by atoms with Crippen molar-refractivity contribution in [1.29, 1.82) is 0 Å². The molecule has 6 heteroatoms. The molecule has 0 spiro atoms. The fraction of sp³-hybridized carbons (Fsp3) is 0.571. The van der Waals surface area contributed by atoms with E-state index in [0.717, 1.165) is 5.56 Å². The average Bonchev–Trinajstić information content (AvgIpc) is 2.37. The van der Waals surface area contributed by atoms with Crippen LogP contribution in [0.25, 0.3) is 0 Å². The van der Waals surface area contributed by atoms with Crippen LogP contribution in [0.5, 0.6) is 5.75 Å². The molecule has 2 N–H and O–H groups in total. The lowest BCUT2D eigenvalue weighted by Crippen LogP contribution is -2.54. The van der Waals surface area contributed by atoms with Crippen LogP contribution in [0.15, 0.2) is 24.3 Å². The van der Waals surface area contributed by atoms with Crippen molar-refractivity contribution >= 4 is 0 Å². The molecule has 1 rings (SSSR count). The second-order valence-electron chi connectivity index (χ2n) is 4.82. The molecule has 0 heterocycles. The van der Waals surface area contributed by atoms with Crippen molar-refractivity contribution < 1.29 is 17.9 Å². The van der Waals surface area contributed by atoms with E-state index in [0.29, 0.717) is 5.75 Å². The van der Waals surface area contributed by atoms with Gasteiger partial charge in [0.15, 0.2) is 0 Å². The fourth-order valence-corrected chi connectivity index (χ4v) is 2.16. The summed E-state index contributed by atoms with van der Waals surface area (Å²) in [5.74, 6) is 0.675. The van der Waals surface area contributed by atoms with E-state index in [-0.39, 0.29) is 13.0 Å². The zero-order valence-electron chi connectivity index (χ0n) is 11.9.